The van der Waals surface area contributed by atoms with Crippen LogP contribution in [0.2, 0.25) is 0 Å². The van der Waals surface area contributed by atoms with Crippen LogP contribution in [0.5, 0.6) is 0 Å². The normalized spacial score (nSPS) is 16.0. The van der Waals surface area contributed by atoms with Gasteiger partial charge in [0.1, 0.15) is 0 Å². The molecule has 0 heterocycles. The van der Waals surface area contributed by atoms with Crippen molar-refractivity contribution in [2.75, 3.05) is 6.61 Å². The van der Waals surface area contributed by atoms with Gasteiger partial charge in [0.15, 0.2) is 0 Å². The first-order valence-corrected chi connectivity index (χ1v) is 9.89. The predicted octanol–water partition coefficient (Wildman–Crippen LogP) is 3.83. The molecule has 0 rings (SSSR count). The molecular weight excluding hydrogens is 304 g/mol. The van der Waals surface area contributed by atoms with Gasteiger partial charge in [-0.25, -0.2) is 0 Å². The van der Waals surface area contributed by atoms with Crippen molar-refractivity contribution in [1.82, 2.24) is 0 Å². The van der Waals surface area contributed by atoms with Crippen molar-refractivity contribution in [3.8, 4) is 0 Å². The Labute approximate surface area is 135 Å². The van der Waals surface area contributed by atoms with Crippen molar-refractivity contribution in [1.29, 1.82) is 0 Å². The fourth-order valence-corrected chi connectivity index (χ4v) is 3.30. The van der Waals surface area contributed by atoms with Gasteiger partial charge in [-0.15, -0.1) is 0 Å². The van der Waals surface area contributed by atoms with Crippen molar-refractivity contribution in [3.05, 3.63) is 0 Å². The first kappa shape index (κ1) is 21.4. The molecule has 0 aliphatic heterocycles. The monoisotopic (exact) mass is 336 g/mol. The van der Waals surface area contributed by atoms with E-state index in [0.717, 1.165) is 25.7 Å². The third-order valence-corrected chi connectivity index (χ3v) is 5.50. The SMILES string of the molecule is CCCCCOC(=O)C(CC(C)CC)CC(CC)S(=O)(=O)O. The zero-order chi connectivity index (χ0) is 17.2. The largest absolute Gasteiger partial charge is 0.465 e. The summed E-state index contributed by atoms with van der Waals surface area (Å²) in [5.41, 5.74) is 0. The highest BCUT2D eigenvalue weighted by Gasteiger charge is 2.30. The summed E-state index contributed by atoms with van der Waals surface area (Å²) in [5, 5.41) is -0.898. The number of rotatable bonds is 12. The molecule has 6 heteroatoms. The average molecular weight is 336 g/mol. The summed E-state index contributed by atoms with van der Waals surface area (Å²) in [6, 6.07) is 0. The van der Waals surface area contributed by atoms with Gasteiger partial charge in [-0.05, 0) is 31.6 Å². The quantitative estimate of drug-likeness (QED) is 0.333. The lowest BCUT2D eigenvalue weighted by Gasteiger charge is -2.22. The molecule has 0 amide bonds. The molecule has 3 atom stereocenters. The second-order valence-electron chi connectivity index (χ2n) is 6.10. The van der Waals surface area contributed by atoms with Gasteiger partial charge in [-0.1, -0.05) is 47.0 Å². The molecule has 132 valence electrons. The summed E-state index contributed by atoms with van der Waals surface area (Å²) in [6.45, 7) is 8.23. The van der Waals surface area contributed by atoms with E-state index in [2.05, 4.69) is 6.92 Å². The van der Waals surface area contributed by atoms with Crippen molar-refractivity contribution >= 4 is 16.1 Å². The molecule has 0 aliphatic carbocycles. The van der Waals surface area contributed by atoms with Crippen LogP contribution in [0.1, 0.15) is 72.6 Å². The van der Waals surface area contributed by atoms with E-state index in [1.165, 1.54) is 0 Å². The highest BCUT2D eigenvalue weighted by Crippen LogP contribution is 2.25. The Bertz CT molecular complexity index is 405. The Morgan fingerprint density at radius 3 is 2.18 bits per heavy atom. The van der Waals surface area contributed by atoms with Crippen LogP contribution in [-0.2, 0) is 19.6 Å². The second-order valence-corrected chi connectivity index (χ2v) is 7.80. The van der Waals surface area contributed by atoms with Gasteiger partial charge >= 0.3 is 5.97 Å². The van der Waals surface area contributed by atoms with Crippen LogP contribution in [0.25, 0.3) is 0 Å². The average Bonchev–Trinajstić information content (AvgIpc) is 2.45. The van der Waals surface area contributed by atoms with Crippen LogP contribution >= 0.6 is 0 Å². The predicted molar refractivity (Wildman–Crippen MR) is 88.3 cm³/mol. The highest BCUT2D eigenvalue weighted by molar-refractivity contribution is 7.86. The van der Waals surface area contributed by atoms with E-state index in [4.69, 9.17) is 4.74 Å². The van der Waals surface area contributed by atoms with Gasteiger partial charge in [0.05, 0.1) is 17.8 Å². The Hall–Kier alpha value is -0.620. The standard InChI is InChI=1S/C16H32O5S/c1-5-8-9-10-21-16(17)14(11-13(4)6-2)12-15(7-3)22(18,19)20/h13-15H,5-12H2,1-4H3,(H,18,19,20). The summed E-state index contributed by atoms with van der Waals surface area (Å²) in [6.07, 6.45) is 4.82. The Morgan fingerprint density at radius 1 is 1.09 bits per heavy atom. The Morgan fingerprint density at radius 2 is 1.73 bits per heavy atom. The van der Waals surface area contributed by atoms with E-state index in [1.807, 2.05) is 13.8 Å². The minimum absolute atomic E-state index is 0.131. The third-order valence-electron chi connectivity index (χ3n) is 4.13. The first-order valence-electron chi connectivity index (χ1n) is 8.39. The zero-order valence-electron chi connectivity index (χ0n) is 14.4. The summed E-state index contributed by atoms with van der Waals surface area (Å²) in [7, 11) is -4.12. The van der Waals surface area contributed by atoms with Crippen LogP contribution in [0, 0.1) is 11.8 Å². The molecule has 0 aromatic heterocycles. The number of hydrogen-bond donors (Lipinski definition) is 1. The number of hydrogen-bond acceptors (Lipinski definition) is 4. The van der Waals surface area contributed by atoms with Gasteiger partial charge in [0, 0.05) is 0 Å². The first-order chi connectivity index (χ1) is 10.3. The summed E-state index contributed by atoms with van der Waals surface area (Å²) < 4.78 is 37.3. The maximum atomic E-state index is 12.2. The third kappa shape index (κ3) is 8.73. The van der Waals surface area contributed by atoms with E-state index in [1.54, 1.807) is 6.92 Å². The molecule has 0 aromatic carbocycles. The van der Waals surface area contributed by atoms with Crippen molar-refractivity contribution in [2.45, 2.75) is 77.9 Å². The lowest BCUT2D eigenvalue weighted by atomic mass is 9.90. The van der Waals surface area contributed by atoms with E-state index < -0.39 is 21.3 Å². The molecule has 0 saturated heterocycles. The molecule has 0 fully saturated rings. The molecule has 0 bridgehead atoms. The zero-order valence-corrected chi connectivity index (χ0v) is 15.2. The maximum absolute atomic E-state index is 12.2. The van der Waals surface area contributed by atoms with E-state index >= 15 is 0 Å². The fourth-order valence-electron chi connectivity index (χ4n) is 2.40. The maximum Gasteiger partial charge on any atom is 0.308 e. The smallest absolute Gasteiger partial charge is 0.308 e. The summed E-state index contributed by atoms with van der Waals surface area (Å²) >= 11 is 0. The second kappa shape index (κ2) is 11.0. The molecule has 5 nitrogen and oxygen atoms in total. The Balaban J connectivity index is 4.77. The lowest BCUT2D eigenvalue weighted by molar-refractivity contribution is -0.149. The molecule has 0 aromatic rings. The molecule has 22 heavy (non-hydrogen) atoms. The van der Waals surface area contributed by atoms with Crippen LogP contribution in [0.3, 0.4) is 0 Å². The van der Waals surface area contributed by atoms with Crippen LogP contribution in [0.15, 0.2) is 0 Å². The van der Waals surface area contributed by atoms with Crippen molar-refractivity contribution in [2.24, 2.45) is 11.8 Å². The van der Waals surface area contributed by atoms with E-state index in [0.29, 0.717) is 25.4 Å². The molecule has 0 aliphatic rings. The van der Waals surface area contributed by atoms with E-state index in [9.17, 15) is 17.8 Å². The van der Waals surface area contributed by atoms with Crippen molar-refractivity contribution < 1.29 is 22.5 Å². The van der Waals surface area contributed by atoms with Gasteiger partial charge in [0.25, 0.3) is 10.1 Å². The number of esters is 1. The number of carbonyl (C=O) groups is 1. The molecule has 0 radical (unpaired) electrons. The fraction of sp³-hybridized carbons (Fsp3) is 0.938. The summed E-state index contributed by atoms with van der Waals surface area (Å²) in [4.78, 5) is 12.2. The van der Waals surface area contributed by atoms with E-state index in [-0.39, 0.29) is 12.4 Å². The number of carbonyl (C=O) groups excluding carboxylic acids is 1. The molecule has 0 saturated carbocycles. The number of ether oxygens (including phenoxy) is 1. The minimum atomic E-state index is -4.12. The highest BCUT2D eigenvalue weighted by atomic mass is 32.2. The Kier molecular flexibility index (Phi) is 10.7. The molecule has 1 N–H and O–H groups in total. The minimum Gasteiger partial charge on any atom is -0.465 e. The van der Waals surface area contributed by atoms with Gasteiger partial charge in [-0.2, -0.15) is 8.42 Å². The lowest BCUT2D eigenvalue weighted by Crippen LogP contribution is -2.29. The molecular formula is C16H32O5S. The molecule has 3 unspecified atom stereocenters. The van der Waals surface area contributed by atoms with Crippen LogP contribution < -0.4 is 0 Å². The van der Waals surface area contributed by atoms with Gasteiger partial charge in [-0.3, -0.25) is 9.35 Å². The topological polar surface area (TPSA) is 80.7 Å². The van der Waals surface area contributed by atoms with Crippen molar-refractivity contribution in [3.63, 3.8) is 0 Å². The van der Waals surface area contributed by atoms with Crippen LogP contribution in [-0.4, -0.2) is 30.8 Å². The van der Waals surface area contributed by atoms with Gasteiger partial charge < -0.3 is 4.74 Å². The van der Waals surface area contributed by atoms with Crippen LogP contribution in [0.4, 0.5) is 0 Å². The van der Waals surface area contributed by atoms with Gasteiger partial charge in [0.2, 0.25) is 0 Å². The number of unbranched alkanes of at least 4 members (excludes halogenated alkanes) is 2. The summed E-state index contributed by atoms with van der Waals surface area (Å²) in [5.74, 6) is -0.492. The molecule has 0 spiro atoms.